The first kappa shape index (κ1) is 11.3. The Bertz CT molecular complexity index is 314. The molecule has 0 aliphatic rings. The largest absolute Gasteiger partial charge is 0.299 e. The second kappa shape index (κ2) is 4.61. The van der Waals surface area contributed by atoms with Crippen LogP contribution in [0.1, 0.15) is 32.3 Å². The van der Waals surface area contributed by atoms with E-state index in [0.29, 0.717) is 10.9 Å². The second-order valence-electron chi connectivity index (χ2n) is 3.88. The molecule has 0 radical (unpaired) electrons. The van der Waals surface area contributed by atoms with Crippen molar-refractivity contribution in [1.29, 1.82) is 0 Å². The lowest BCUT2D eigenvalue weighted by Crippen LogP contribution is -2.14. The molecule has 2 heteroatoms. The molecule has 0 saturated carbocycles. The first-order valence-electron chi connectivity index (χ1n) is 4.78. The van der Waals surface area contributed by atoms with Crippen molar-refractivity contribution in [3.63, 3.8) is 0 Å². The summed E-state index contributed by atoms with van der Waals surface area (Å²) < 4.78 is 0. The Morgan fingerprint density at radius 3 is 2.07 bits per heavy atom. The summed E-state index contributed by atoms with van der Waals surface area (Å²) in [6.45, 7) is 5.75. The summed E-state index contributed by atoms with van der Waals surface area (Å²) in [6.07, 6.45) is 0. The van der Waals surface area contributed by atoms with Gasteiger partial charge in [0.05, 0.1) is 0 Å². The predicted molar refractivity (Wildman–Crippen MR) is 59.7 cm³/mol. The van der Waals surface area contributed by atoms with Gasteiger partial charge in [-0.3, -0.25) is 4.79 Å². The minimum atomic E-state index is -0.00716. The molecule has 14 heavy (non-hydrogen) atoms. The third kappa shape index (κ3) is 2.58. The molecular weight excluding hydrogens is 196 g/mol. The number of hydrogen-bond donors (Lipinski definition) is 0. The number of benzene rings is 1. The van der Waals surface area contributed by atoms with Crippen LogP contribution in [0, 0.1) is 5.92 Å². The highest BCUT2D eigenvalue weighted by Crippen LogP contribution is 2.26. The van der Waals surface area contributed by atoms with E-state index in [2.05, 4.69) is 13.8 Å². The first-order valence-corrected chi connectivity index (χ1v) is 5.16. The minimum absolute atomic E-state index is 0.00716. The lowest BCUT2D eigenvalue weighted by molar-refractivity contribution is -0.119. The van der Waals surface area contributed by atoms with Crippen molar-refractivity contribution in [2.24, 2.45) is 5.92 Å². The molecule has 0 aromatic heterocycles. The molecule has 1 aromatic rings. The summed E-state index contributed by atoms with van der Waals surface area (Å²) in [5, 5.41) is 0.708. The Morgan fingerprint density at radius 1 is 1.21 bits per heavy atom. The SMILES string of the molecule is CC(=O)C(c1ccc(Cl)cc1)C(C)C. The van der Waals surface area contributed by atoms with Gasteiger partial charge in [-0.15, -0.1) is 0 Å². The minimum Gasteiger partial charge on any atom is -0.299 e. The maximum absolute atomic E-state index is 11.4. The molecule has 0 amide bonds. The summed E-state index contributed by atoms with van der Waals surface area (Å²) >= 11 is 5.79. The number of carbonyl (C=O) groups is 1. The monoisotopic (exact) mass is 210 g/mol. The van der Waals surface area contributed by atoms with E-state index >= 15 is 0 Å². The summed E-state index contributed by atoms with van der Waals surface area (Å²) in [6, 6.07) is 7.51. The average molecular weight is 211 g/mol. The zero-order chi connectivity index (χ0) is 10.7. The molecule has 0 heterocycles. The molecule has 1 nitrogen and oxygen atoms in total. The van der Waals surface area contributed by atoms with E-state index in [1.165, 1.54) is 0 Å². The van der Waals surface area contributed by atoms with Gasteiger partial charge in [0.2, 0.25) is 0 Å². The number of halogens is 1. The van der Waals surface area contributed by atoms with Crippen molar-refractivity contribution in [1.82, 2.24) is 0 Å². The van der Waals surface area contributed by atoms with E-state index in [9.17, 15) is 4.79 Å². The van der Waals surface area contributed by atoms with Gasteiger partial charge in [0.25, 0.3) is 0 Å². The van der Waals surface area contributed by atoms with Crippen LogP contribution in [0.25, 0.3) is 0 Å². The van der Waals surface area contributed by atoms with Crippen LogP contribution in [0.4, 0.5) is 0 Å². The van der Waals surface area contributed by atoms with Crippen LogP contribution in [0.15, 0.2) is 24.3 Å². The summed E-state index contributed by atoms with van der Waals surface area (Å²) in [5.74, 6) is 0.531. The van der Waals surface area contributed by atoms with E-state index in [4.69, 9.17) is 11.6 Å². The number of Topliss-reactive ketones (excluding diaryl/α,β-unsaturated/α-hetero) is 1. The van der Waals surface area contributed by atoms with Gasteiger partial charge in [0.1, 0.15) is 5.78 Å². The molecule has 0 aliphatic heterocycles. The van der Waals surface area contributed by atoms with E-state index in [-0.39, 0.29) is 11.7 Å². The number of carbonyl (C=O) groups excluding carboxylic acids is 1. The number of ketones is 1. The average Bonchev–Trinajstić information content (AvgIpc) is 2.07. The molecule has 0 bridgehead atoms. The van der Waals surface area contributed by atoms with Gasteiger partial charge >= 0.3 is 0 Å². The zero-order valence-corrected chi connectivity index (χ0v) is 9.51. The third-order valence-corrected chi connectivity index (χ3v) is 2.59. The van der Waals surface area contributed by atoms with Crippen molar-refractivity contribution in [3.8, 4) is 0 Å². The molecule has 1 rings (SSSR count). The van der Waals surface area contributed by atoms with Gasteiger partial charge in [0, 0.05) is 10.9 Å². The van der Waals surface area contributed by atoms with Crippen LogP contribution < -0.4 is 0 Å². The number of hydrogen-bond acceptors (Lipinski definition) is 1. The molecule has 0 saturated heterocycles. The Hall–Kier alpha value is -0.820. The van der Waals surface area contributed by atoms with Crippen molar-refractivity contribution in [2.45, 2.75) is 26.7 Å². The van der Waals surface area contributed by atoms with E-state index in [1.807, 2.05) is 24.3 Å². The standard InChI is InChI=1S/C12H15ClO/c1-8(2)12(9(3)14)10-4-6-11(13)7-5-10/h4-8,12H,1-3H3. The molecular formula is C12H15ClO. The quantitative estimate of drug-likeness (QED) is 0.744. The van der Waals surface area contributed by atoms with Crippen LogP contribution in [-0.4, -0.2) is 5.78 Å². The van der Waals surface area contributed by atoms with Gasteiger partial charge < -0.3 is 0 Å². The molecule has 0 fully saturated rings. The van der Waals surface area contributed by atoms with Gasteiger partial charge in [-0.05, 0) is 30.5 Å². The summed E-state index contributed by atoms with van der Waals surface area (Å²) in [4.78, 5) is 11.4. The second-order valence-corrected chi connectivity index (χ2v) is 4.32. The summed E-state index contributed by atoms with van der Waals surface area (Å²) in [5.41, 5.74) is 1.05. The van der Waals surface area contributed by atoms with Crippen molar-refractivity contribution >= 4 is 17.4 Å². The van der Waals surface area contributed by atoms with Gasteiger partial charge in [-0.25, -0.2) is 0 Å². The Balaban J connectivity index is 3.00. The molecule has 0 aliphatic carbocycles. The molecule has 1 unspecified atom stereocenters. The Labute approximate surface area is 90.1 Å². The van der Waals surface area contributed by atoms with Crippen molar-refractivity contribution in [3.05, 3.63) is 34.9 Å². The van der Waals surface area contributed by atoms with Crippen LogP contribution >= 0.6 is 11.6 Å². The first-order chi connectivity index (χ1) is 6.52. The maximum Gasteiger partial charge on any atom is 0.137 e. The molecule has 0 N–H and O–H groups in total. The molecule has 1 aromatic carbocycles. The van der Waals surface area contributed by atoms with Crippen molar-refractivity contribution < 1.29 is 4.79 Å². The van der Waals surface area contributed by atoms with Gasteiger partial charge in [-0.2, -0.15) is 0 Å². The van der Waals surface area contributed by atoms with Gasteiger partial charge in [0.15, 0.2) is 0 Å². The summed E-state index contributed by atoms with van der Waals surface area (Å²) in [7, 11) is 0. The van der Waals surface area contributed by atoms with Crippen molar-refractivity contribution in [2.75, 3.05) is 0 Å². The van der Waals surface area contributed by atoms with Crippen LogP contribution in [0.2, 0.25) is 5.02 Å². The predicted octanol–water partition coefficient (Wildman–Crippen LogP) is 3.67. The molecule has 76 valence electrons. The smallest absolute Gasteiger partial charge is 0.137 e. The van der Waals surface area contributed by atoms with Gasteiger partial charge in [-0.1, -0.05) is 37.6 Å². The van der Waals surface area contributed by atoms with Crippen LogP contribution in [0.3, 0.4) is 0 Å². The number of rotatable bonds is 3. The lowest BCUT2D eigenvalue weighted by atomic mass is 9.86. The molecule has 1 atom stereocenters. The molecule has 0 spiro atoms. The lowest BCUT2D eigenvalue weighted by Gasteiger charge is -2.18. The fourth-order valence-corrected chi connectivity index (χ4v) is 1.89. The fraction of sp³-hybridized carbons (Fsp3) is 0.417. The Morgan fingerprint density at radius 2 is 1.71 bits per heavy atom. The third-order valence-electron chi connectivity index (χ3n) is 2.33. The van der Waals surface area contributed by atoms with Crippen LogP contribution in [0.5, 0.6) is 0 Å². The van der Waals surface area contributed by atoms with E-state index in [1.54, 1.807) is 6.92 Å². The van der Waals surface area contributed by atoms with E-state index < -0.39 is 0 Å². The van der Waals surface area contributed by atoms with E-state index in [0.717, 1.165) is 5.56 Å². The zero-order valence-electron chi connectivity index (χ0n) is 8.75. The Kier molecular flexibility index (Phi) is 3.70. The van der Waals surface area contributed by atoms with Crippen LogP contribution in [-0.2, 0) is 4.79 Å². The highest BCUT2D eigenvalue weighted by molar-refractivity contribution is 6.30. The normalized spacial score (nSPS) is 12.9. The highest BCUT2D eigenvalue weighted by atomic mass is 35.5. The topological polar surface area (TPSA) is 17.1 Å². The fourth-order valence-electron chi connectivity index (χ4n) is 1.76. The maximum atomic E-state index is 11.4. The highest BCUT2D eigenvalue weighted by Gasteiger charge is 2.19.